The Morgan fingerprint density at radius 3 is 2.70 bits per heavy atom. The third-order valence-electron chi connectivity index (χ3n) is 3.48. The molecule has 0 fully saturated rings. The molecule has 0 radical (unpaired) electrons. The van der Waals surface area contributed by atoms with Gasteiger partial charge >= 0.3 is 0 Å². The molecule has 0 bridgehead atoms. The van der Waals surface area contributed by atoms with Crippen LogP contribution in [0.5, 0.6) is 0 Å². The van der Waals surface area contributed by atoms with Crippen LogP contribution in [0.4, 0.5) is 0 Å². The van der Waals surface area contributed by atoms with Gasteiger partial charge in [0.25, 0.3) is 5.91 Å². The van der Waals surface area contributed by atoms with Crippen LogP contribution < -0.4 is 5.32 Å². The SMILES string of the molecule is Cc1cnc(CNC(=O)c2cccc(CCC(C)(C)O)c2)cn1. The van der Waals surface area contributed by atoms with Gasteiger partial charge in [0.15, 0.2) is 0 Å². The van der Waals surface area contributed by atoms with Crippen molar-refractivity contribution in [1.82, 2.24) is 15.3 Å². The van der Waals surface area contributed by atoms with Gasteiger partial charge in [-0.25, -0.2) is 0 Å². The Hall–Kier alpha value is -2.27. The summed E-state index contributed by atoms with van der Waals surface area (Å²) in [4.78, 5) is 20.6. The van der Waals surface area contributed by atoms with Crippen molar-refractivity contribution < 1.29 is 9.90 Å². The number of nitrogens with one attached hydrogen (secondary N) is 1. The number of carbonyl (C=O) groups excluding carboxylic acids is 1. The zero-order chi connectivity index (χ0) is 16.9. The van der Waals surface area contributed by atoms with Crippen molar-refractivity contribution in [2.45, 2.75) is 45.8 Å². The molecule has 2 rings (SSSR count). The van der Waals surface area contributed by atoms with E-state index in [4.69, 9.17) is 0 Å². The number of amides is 1. The smallest absolute Gasteiger partial charge is 0.251 e. The first-order valence-electron chi connectivity index (χ1n) is 7.70. The molecule has 1 amide bonds. The Bertz CT molecular complexity index is 661. The fraction of sp³-hybridized carbons (Fsp3) is 0.389. The van der Waals surface area contributed by atoms with E-state index in [1.165, 1.54) is 0 Å². The molecule has 0 saturated carbocycles. The lowest BCUT2D eigenvalue weighted by atomic mass is 9.98. The molecule has 0 atom stereocenters. The molecule has 1 heterocycles. The molecule has 2 aromatic rings. The van der Waals surface area contributed by atoms with Crippen molar-refractivity contribution >= 4 is 5.91 Å². The lowest BCUT2D eigenvalue weighted by molar-refractivity contribution is 0.0714. The Kier molecular flexibility index (Phi) is 5.45. The van der Waals surface area contributed by atoms with Gasteiger partial charge in [0.05, 0.1) is 29.7 Å². The summed E-state index contributed by atoms with van der Waals surface area (Å²) in [5.41, 5.74) is 2.51. The van der Waals surface area contributed by atoms with E-state index < -0.39 is 5.60 Å². The maximum Gasteiger partial charge on any atom is 0.251 e. The first kappa shape index (κ1) is 17.1. The molecule has 5 heteroatoms. The summed E-state index contributed by atoms with van der Waals surface area (Å²) in [7, 11) is 0. The van der Waals surface area contributed by atoms with Crippen LogP contribution in [0.25, 0.3) is 0 Å². The Morgan fingerprint density at radius 2 is 2.04 bits per heavy atom. The summed E-state index contributed by atoms with van der Waals surface area (Å²) in [5, 5.41) is 12.6. The molecule has 1 aromatic heterocycles. The summed E-state index contributed by atoms with van der Waals surface area (Å²) in [6.45, 7) is 5.78. The lowest BCUT2D eigenvalue weighted by Gasteiger charge is -2.16. The third kappa shape index (κ3) is 5.79. The molecule has 0 unspecified atom stereocenters. The second kappa shape index (κ2) is 7.33. The average molecular weight is 313 g/mol. The van der Waals surface area contributed by atoms with Crippen LogP contribution in [-0.2, 0) is 13.0 Å². The van der Waals surface area contributed by atoms with E-state index in [2.05, 4.69) is 15.3 Å². The molecule has 122 valence electrons. The maximum absolute atomic E-state index is 12.2. The monoisotopic (exact) mass is 313 g/mol. The Morgan fingerprint density at radius 1 is 1.26 bits per heavy atom. The number of nitrogens with zero attached hydrogens (tertiary/aromatic N) is 2. The van der Waals surface area contributed by atoms with Gasteiger partial charge in [-0.2, -0.15) is 0 Å². The zero-order valence-electron chi connectivity index (χ0n) is 13.8. The van der Waals surface area contributed by atoms with Gasteiger partial charge in [0.2, 0.25) is 0 Å². The average Bonchev–Trinajstić information content (AvgIpc) is 2.52. The predicted octanol–water partition coefficient (Wildman–Crippen LogP) is 2.42. The molecule has 1 aromatic carbocycles. The van der Waals surface area contributed by atoms with E-state index in [9.17, 15) is 9.90 Å². The summed E-state index contributed by atoms with van der Waals surface area (Å²) in [5.74, 6) is -0.141. The second-order valence-electron chi connectivity index (χ2n) is 6.34. The van der Waals surface area contributed by atoms with Gasteiger partial charge in [-0.3, -0.25) is 14.8 Å². The second-order valence-corrected chi connectivity index (χ2v) is 6.34. The summed E-state index contributed by atoms with van der Waals surface area (Å²) in [6.07, 6.45) is 4.72. The highest BCUT2D eigenvalue weighted by Crippen LogP contribution is 2.14. The van der Waals surface area contributed by atoms with Crippen LogP contribution >= 0.6 is 0 Å². The van der Waals surface area contributed by atoms with Crippen LogP contribution in [-0.4, -0.2) is 26.6 Å². The number of hydrogen-bond donors (Lipinski definition) is 2. The van der Waals surface area contributed by atoms with Gasteiger partial charge in [-0.05, 0) is 51.3 Å². The molecular weight excluding hydrogens is 290 g/mol. The zero-order valence-corrected chi connectivity index (χ0v) is 13.8. The third-order valence-corrected chi connectivity index (χ3v) is 3.48. The quantitative estimate of drug-likeness (QED) is 0.859. The predicted molar refractivity (Wildman–Crippen MR) is 89.0 cm³/mol. The molecule has 0 saturated heterocycles. The Balaban J connectivity index is 1.95. The lowest BCUT2D eigenvalue weighted by Crippen LogP contribution is -2.23. The molecule has 0 spiro atoms. The van der Waals surface area contributed by atoms with Gasteiger partial charge < -0.3 is 10.4 Å². The Labute approximate surface area is 136 Å². The molecule has 0 aliphatic carbocycles. The van der Waals surface area contributed by atoms with Crippen molar-refractivity contribution in [2.75, 3.05) is 0 Å². The van der Waals surface area contributed by atoms with E-state index in [-0.39, 0.29) is 5.91 Å². The number of aliphatic hydroxyl groups is 1. The van der Waals surface area contributed by atoms with Gasteiger partial charge in [0, 0.05) is 11.8 Å². The van der Waals surface area contributed by atoms with Crippen LogP contribution in [0.3, 0.4) is 0 Å². The van der Waals surface area contributed by atoms with E-state index in [1.807, 2.05) is 25.1 Å². The highest BCUT2D eigenvalue weighted by atomic mass is 16.3. The normalized spacial score (nSPS) is 11.3. The van der Waals surface area contributed by atoms with E-state index in [0.29, 0.717) is 18.5 Å². The minimum absolute atomic E-state index is 0.141. The highest BCUT2D eigenvalue weighted by molar-refractivity contribution is 5.94. The first-order valence-corrected chi connectivity index (χ1v) is 7.70. The van der Waals surface area contributed by atoms with Crippen molar-refractivity contribution in [1.29, 1.82) is 0 Å². The highest BCUT2D eigenvalue weighted by Gasteiger charge is 2.13. The number of rotatable bonds is 6. The van der Waals surface area contributed by atoms with Crippen LogP contribution in [0.2, 0.25) is 0 Å². The summed E-state index contributed by atoms with van der Waals surface area (Å²) in [6, 6.07) is 7.47. The van der Waals surface area contributed by atoms with Crippen LogP contribution in [0.1, 0.15) is 47.6 Å². The first-order chi connectivity index (χ1) is 10.8. The fourth-order valence-corrected chi connectivity index (χ4v) is 2.10. The number of hydrogen-bond acceptors (Lipinski definition) is 4. The van der Waals surface area contributed by atoms with E-state index in [1.54, 1.807) is 32.3 Å². The molecule has 23 heavy (non-hydrogen) atoms. The fourth-order valence-electron chi connectivity index (χ4n) is 2.10. The van der Waals surface area contributed by atoms with Gasteiger partial charge in [-0.1, -0.05) is 12.1 Å². The van der Waals surface area contributed by atoms with E-state index >= 15 is 0 Å². The van der Waals surface area contributed by atoms with Crippen LogP contribution in [0, 0.1) is 6.92 Å². The summed E-state index contributed by atoms with van der Waals surface area (Å²) >= 11 is 0. The van der Waals surface area contributed by atoms with E-state index in [0.717, 1.165) is 23.4 Å². The minimum Gasteiger partial charge on any atom is -0.390 e. The number of aryl methyl sites for hydroxylation is 2. The molecular formula is C18H23N3O2. The van der Waals surface area contributed by atoms with Crippen molar-refractivity contribution in [3.05, 3.63) is 59.2 Å². The molecule has 2 N–H and O–H groups in total. The largest absolute Gasteiger partial charge is 0.390 e. The van der Waals surface area contributed by atoms with Gasteiger partial charge in [0.1, 0.15) is 0 Å². The maximum atomic E-state index is 12.2. The van der Waals surface area contributed by atoms with Crippen molar-refractivity contribution in [3.8, 4) is 0 Å². The standard InChI is InChI=1S/C18H23N3O2/c1-13-10-20-16(11-19-13)12-21-17(22)15-6-4-5-14(9-15)7-8-18(2,3)23/h4-6,9-11,23H,7-8,12H2,1-3H3,(H,21,22). The molecule has 0 aliphatic heterocycles. The number of carbonyl (C=O) groups is 1. The molecule has 5 nitrogen and oxygen atoms in total. The molecule has 0 aliphatic rings. The minimum atomic E-state index is -0.706. The van der Waals surface area contributed by atoms with Gasteiger partial charge in [-0.15, -0.1) is 0 Å². The number of aromatic nitrogens is 2. The number of benzene rings is 1. The summed E-state index contributed by atoms with van der Waals surface area (Å²) < 4.78 is 0. The topological polar surface area (TPSA) is 75.1 Å². The van der Waals surface area contributed by atoms with Crippen LogP contribution in [0.15, 0.2) is 36.7 Å². The van der Waals surface area contributed by atoms with Crippen molar-refractivity contribution in [2.24, 2.45) is 0 Å². The van der Waals surface area contributed by atoms with Crippen molar-refractivity contribution in [3.63, 3.8) is 0 Å².